The third-order valence-corrected chi connectivity index (χ3v) is 2.65. The van der Waals surface area contributed by atoms with E-state index in [4.69, 9.17) is 4.74 Å². The van der Waals surface area contributed by atoms with Gasteiger partial charge in [-0.25, -0.2) is 0 Å². The fraction of sp³-hybridized carbons (Fsp3) is 0.214. The maximum atomic E-state index is 11.5. The van der Waals surface area contributed by atoms with Crippen LogP contribution in [0.15, 0.2) is 33.9 Å². The number of hydrogen-bond acceptors (Lipinski definition) is 5. The molecule has 2 N–H and O–H groups in total. The van der Waals surface area contributed by atoms with Crippen LogP contribution in [0, 0.1) is 0 Å². The van der Waals surface area contributed by atoms with Crippen molar-refractivity contribution >= 4 is 23.0 Å². The summed E-state index contributed by atoms with van der Waals surface area (Å²) in [4.78, 5) is 34.0. The molecule has 0 spiro atoms. The van der Waals surface area contributed by atoms with Gasteiger partial charge in [0, 0.05) is 6.92 Å². The summed E-state index contributed by atoms with van der Waals surface area (Å²) in [7, 11) is 0. The molecule has 0 aliphatic carbocycles. The van der Waals surface area contributed by atoms with Gasteiger partial charge in [-0.3, -0.25) is 14.4 Å². The molecule has 104 valence electrons. The van der Waals surface area contributed by atoms with Crippen LogP contribution in [0.4, 0.5) is 17.1 Å². The van der Waals surface area contributed by atoms with E-state index in [-0.39, 0.29) is 17.3 Å². The molecule has 0 unspecified atom stereocenters. The maximum absolute atomic E-state index is 11.5. The summed E-state index contributed by atoms with van der Waals surface area (Å²) in [5.74, 6) is -0.190. The number of benzene rings is 1. The van der Waals surface area contributed by atoms with Crippen LogP contribution < -0.4 is 26.2 Å². The Morgan fingerprint density at radius 2 is 1.80 bits per heavy atom. The van der Waals surface area contributed by atoms with E-state index < -0.39 is 10.9 Å². The minimum atomic E-state index is -0.633. The number of carbonyl (C=O) groups excluding carboxylic acids is 1. The molecule has 0 bridgehead atoms. The summed E-state index contributed by atoms with van der Waals surface area (Å²) in [6, 6.07) is 6.88. The molecule has 0 aromatic heterocycles. The van der Waals surface area contributed by atoms with Crippen LogP contribution in [0.2, 0.25) is 0 Å². The molecule has 0 fully saturated rings. The predicted molar refractivity (Wildman–Crippen MR) is 76.6 cm³/mol. The molecule has 2 aromatic carbocycles. The molecule has 0 heterocycles. The van der Waals surface area contributed by atoms with Gasteiger partial charge in [0.15, 0.2) is 5.75 Å². The summed E-state index contributed by atoms with van der Waals surface area (Å²) < 4.78 is 5.13. The number of anilines is 3. The first kappa shape index (κ1) is 13.8. The second kappa shape index (κ2) is 5.56. The van der Waals surface area contributed by atoms with Gasteiger partial charge in [-0.1, -0.05) is 12.1 Å². The Morgan fingerprint density at radius 3 is 2.40 bits per heavy atom. The van der Waals surface area contributed by atoms with Crippen LogP contribution in [0.1, 0.15) is 13.8 Å². The van der Waals surface area contributed by atoms with Crippen LogP contribution in [-0.2, 0) is 4.79 Å². The Balaban J connectivity index is 2.31. The highest BCUT2D eigenvalue weighted by Gasteiger charge is 2.23. The summed E-state index contributed by atoms with van der Waals surface area (Å²) in [5, 5.41) is 5.48. The number of ether oxygens (including phenoxy) is 1. The third kappa shape index (κ3) is 2.54. The Kier molecular flexibility index (Phi) is 3.84. The number of carbonyl (C=O) groups is 1. The molecule has 1 amide bonds. The molecule has 2 rings (SSSR count). The van der Waals surface area contributed by atoms with Crippen molar-refractivity contribution in [3.8, 4) is 5.75 Å². The lowest BCUT2D eigenvalue weighted by Gasteiger charge is -2.15. The molecular weight excluding hydrogens is 260 g/mol. The molecule has 0 saturated heterocycles. The van der Waals surface area contributed by atoms with E-state index >= 15 is 0 Å². The van der Waals surface area contributed by atoms with E-state index in [2.05, 4.69) is 10.6 Å². The summed E-state index contributed by atoms with van der Waals surface area (Å²) >= 11 is 0. The molecule has 0 radical (unpaired) electrons. The van der Waals surface area contributed by atoms with Crippen molar-refractivity contribution in [1.29, 1.82) is 0 Å². The molecule has 0 aliphatic rings. The smallest absolute Gasteiger partial charge is 0.272 e. The van der Waals surface area contributed by atoms with Gasteiger partial charge in [0.05, 0.1) is 18.0 Å². The van der Waals surface area contributed by atoms with Gasteiger partial charge in [0.1, 0.15) is 5.69 Å². The normalized spacial score (nSPS) is 10.3. The van der Waals surface area contributed by atoms with Gasteiger partial charge in [-0.2, -0.15) is 0 Å². The Hall–Kier alpha value is -2.63. The zero-order valence-electron chi connectivity index (χ0n) is 11.1. The van der Waals surface area contributed by atoms with Gasteiger partial charge in [-0.05, 0) is 19.1 Å². The molecule has 2 aromatic rings. The second-order valence-corrected chi connectivity index (χ2v) is 4.15. The Bertz CT molecular complexity index is 714. The quantitative estimate of drug-likeness (QED) is 0.805. The fourth-order valence-electron chi connectivity index (χ4n) is 1.79. The summed E-state index contributed by atoms with van der Waals surface area (Å²) in [6.45, 7) is 3.42. The molecular formula is C14H14N2O4. The van der Waals surface area contributed by atoms with E-state index in [0.29, 0.717) is 18.0 Å². The Morgan fingerprint density at radius 1 is 1.15 bits per heavy atom. The van der Waals surface area contributed by atoms with Crippen molar-refractivity contribution in [2.45, 2.75) is 13.8 Å². The number of amides is 1. The van der Waals surface area contributed by atoms with Crippen molar-refractivity contribution in [3.05, 3.63) is 44.7 Å². The predicted octanol–water partition coefficient (Wildman–Crippen LogP) is 1.38. The van der Waals surface area contributed by atoms with E-state index in [1.165, 1.54) is 6.92 Å². The van der Waals surface area contributed by atoms with Crippen LogP contribution in [0.25, 0.3) is 0 Å². The average molecular weight is 274 g/mol. The van der Waals surface area contributed by atoms with Gasteiger partial charge in [0.2, 0.25) is 5.91 Å². The molecule has 0 atom stereocenters. The highest BCUT2D eigenvalue weighted by Crippen LogP contribution is 2.28. The van der Waals surface area contributed by atoms with Crippen molar-refractivity contribution in [2.75, 3.05) is 17.2 Å². The summed E-state index contributed by atoms with van der Waals surface area (Å²) in [5.41, 5.74) is -0.0849. The van der Waals surface area contributed by atoms with E-state index in [1.807, 2.05) is 0 Å². The van der Waals surface area contributed by atoms with E-state index in [1.54, 1.807) is 31.2 Å². The highest BCUT2D eigenvalue weighted by atomic mass is 16.5. The minimum absolute atomic E-state index is 0.0372. The number of hydrogen-bond donors (Lipinski definition) is 2. The maximum Gasteiger partial charge on any atom is 0.272 e. The van der Waals surface area contributed by atoms with Crippen molar-refractivity contribution < 1.29 is 9.53 Å². The largest absolute Gasteiger partial charge is 0.488 e. The Labute approximate surface area is 115 Å². The van der Waals surface area contributed by atoms with E-state index in [0.717, 1.165) is 0 Å². The average Bonchev–Trinajstić information content (AvgIpc) is 2.43. The monoisotopic (exact) mass is 274 g/mol. The zero-order chi connectivity index (χ0) is 14.7. The zero-order valence-corrected chi connectivity index (χ0v) is 11.1. The van der Waals surface area contributed by atoms with Crippen LogP contribution in [-0.4, -0.2) is 12.5 Å². The van der Waals surface area contributed by atoms with Crippen LogP contribution in [0.5, 0.6) is 5.75 Å². The second-order valence-electron chi connectivity index (χ2n) is 4.15. The first-order valence-corrected chi connectivity index (χ1v) is 6.14. The summed E-state index contributed by atoms with van der Waals surface area (Å²) in [6.07, 6.45) is 0. The number of rotatable bonds is 5. The van der Waals surface area contributed by atoms with Gasteiger partial charge in [-0.15, -0.1) is 0 Å². The fourth-order valence-corrected chi connectivity index (χ4v) is 1.79. The van der Waals surface area contributed by atoms with Crippen molar-refractivity contribution in [1.82, 2.24) is 0 Å². The highest BCUT2D eigenvalue weighted by molar-refractivity contribution is 5.93. The van der Waals surface area contributed by atoms with Crippen LogP contribution in [0.3, 0.4) is 0 Å². The first-order chi connectivity index (χ1) is 9.54. The molecule has 20 heavy (non-hydrogen) atoms. The molecule has 0 aliphatic heterocycles. The van der Waals surface area contributed by atoms with Gasteiger partial charge >= 0.3 is 0 Å². The third-order valence-electron chi connectivity index (χ3n) is 2.65. The van der Waals surface area contributed by atoms with E-state index in [9.17, 15) is 14.4 Å². The lowest BCUT2D eigenvalue weighted by molar-refractivity contribution is -0.114. The molecule has 0 saturated carbocycles. The number of nitrogens with one attached hydrogen (secondary N) is 2. The number of para-hydroxylation sites is 2. The van der Waals surface area contributed by atoms with Gasteiger partial charge < -0.3 is 15.4 Å². The van der Waals surface area contributed by atoms with Gasteiger partial charge in [0.25, 0.3) is 10.9 Å². The van der Waals surface area contributed by atoms with Crippen molar-refractivity contribution in [2.24, 2.45) is 0 Å². The first-order valence-electron chi connectivity index (χ1n) is 6.14. The standard InChI is InChI=1S/C14H14N2O4/c1-3-20-14-11(12(18)13(14)19)16-10-7-5-4-6-9(10)15-8(2)17/h4-7,16H,3H2,1-2H3,(H,15,17). The minimum Gasteiger partial charge on any atom is -0.488 e. The lowest BCUT2D eigenvalue weighted by Crippen LogP contribution is -2.35. The lowest BCUT2D eigenvalue weighted by atomic mass is 10.2. The van der Waals surface area contributed by atoms with Crippen molar-refractivity contribution in [3.63, 3.8) is 0 Å². The molecule has 6 nitrogen and oxygen atoms in total. The SMILES string of the molecule is CCOc1c(Nc2ccccc2NC(C)=O)c(=O)c1=O. The van der Waals surface area contributed by atoms with Crippen LogP contribution >= 0.6 is 0 Å². The topological polar surface area (TPSA) is 84.5 Å². The molecule has 6 heteroatoms.